The van der Waals surface area contributed by atoms with Crippen molar-refractivity contribution in [2.45, 2.75) is 0 Å². The average Bonchev–Trinajstić information content (AvgIpc) is 3.84. The lowest BCUT2D eigenvalue weighted by molar-refractivity contribution is 0.670. The van der Waals surface area contributed by atoms with Crippen LogP contribution in [0.4, 0.5) is 17.1 Å². The molecule has 0 N–H and O–H groups in total. The molecule has 53 heavy (non-hydrogen) atoms. The zero-order valence-electron chi connectivity index (χ0n) is 32.4. The summed E-state index contributed by atoms with van der Waals surface area (Å²) in [5.41, 5.74) is 6.90. The van der Waals surface area contributed by atoms with E-state index in [0.29, 0.717) is 33.7 Å². The van der Waals surface area contributed by atoms with Crippen LogP contribution in [0.1, 0.15) is 5.48 Å². The van der Waals surface area contributed by atoms with Crippen molar-refractivity contribution < 1.29 is 14.3 Å². The summed E-state index contributed by atoms with van der Waals surface area (Å²) in [7, 11) is 0. The van der Waals surface area contributed by atoms with Crippen LogP contribution in [0.5, 0.6) is 0 Å². The first kappa shape index (κ1) is 25.8. The predicted octanol–water partition coefficient (Wildman–Crippen LogP) is 14.6. The van der Waals surface area contributed by atoms with Gasteiger partial charge in [0, 0.05) is 38.5 Å². The molecule has 0 saturated carbocycles. The summed E-state index contributed by atoms with van der Waals surface area (Å²) >= 11 is 0. The molecule has 0 spiro atoms. The van der Waals surface area contributed by atoms with Gasteiger partial charge in [0.1, 0.15) is 22.3 Å². The van der Waals surface area contributed by atoms with E-state index in [1.165, 1.54) is 0 Å². The van der Waals surface area contributed by atoms with Crippen molar-refractivity contribution in [1.82, 2.24) is 0 Å². The van der Waals surface area contributed by atoms with Gasteiger partial charge in [-0.3, -0.25) is 0 Å². The Morgan fingerprint density at radius 1 is 0.434 bits per heavy atom. The Morgan fingerprint density at radius 3 is 2.09 bits per heavy atom. The Balaban J connectivity index is 1.22. The Morgan fingerprint density at radius 2 is 1.15 bits per heavy atom. The van der Waals surface area contributed by atoms with E-state index in [2.05, 4.69) is 66.7 Å². The molecule has 0 fully saturated rings. The number of para-hydroxylation sites is 2. The Hall–Kier alpha value is -7.10. The maximum Gasteiger partial charge on any atom is 0.143 e. The van der Waals surface area contributed by atoms with Gasteiger partial charge in [-0.25, -0.2) is 0 Å². The lowest BCUT2D eigenvalue weighted by Gasteiger charge is -2.27. The van der Waals surface area contributed by atoms with E-state index in [0.717, 1.165) is 59.8 Å². The van der Waals surface area contributed by atoms with Crippen LogP contribution in [-0.2, 0) is 0 Å². The van der Waals surface area contributed by atoms with Crippen LogP contribution < -0.4 is 4.90 Å². The topological polar surface area (TPSA) is 29.5 Å². The van der Waals surface area contributed by atoms with E-state index in [9.17, 15) is 5.48 Å². The maximum absolute atomic E-state index is 10.0. The van der Waals surface area contributed by atoms with E-state index in [4.69, 9.17) is 8.83 Å². The first-order valence-electron chi connectivity index (χ1n) is 19.7. The van der Waals surface area contributed by atoms with Gasteiger partial charge in [-0.2, -0.15) is 0 Å². The lowest BCUT2D eigenvalue weighted by atomic mass is 9.99. The van der Waals surface area contributed by atoms with Gasteiger partial charge in [-0.15, -0.1) is 0 Å². The van der Waals surface area contributed by atoms with Crippen LogP contribution in [0.2, 0.25) is 0 Å². The normalized spacial score (nSPS) is 12.8. The van der Waals surface area contributed by atoms with Crippen LogP contribution >= 0.6 is 0 Å². The Labute approximate surface area is 311 Å². The second kappa shape index (κ2) is 11.7. The van der Waals surface area contributed by atoms with Gasteiger partial charge >= 0.3 is 0 Å². The highest BCUT2D eigenvalue weighted by Gasteiger charge is 2.22. The molecule has 9 aromatic carbocycles. The van der Waals surface area contributed by atoms with E-state index >= 15 is 0 Å². The standard InChI is InChI=1S/C50H31NO2/c1-2-13-34-29-36(26-25-32(34)11-1)35-14-7-16-38(30-35)51(45-22-10-24-47-48(45)44-28-27-33-12-3-4-18-40(33)50(44)53-47)39-17-8-15-37(31-39)41-20-9-21-43-42-19-5-6-23-46(42)52-49(41)43/h1-31H/i8D,15D,17D,31D. The van der Waals surface area contributed by atoms with Crippen LogP contribution in [0.3, 0.4) is 0 Å². The van der Waals surface area contributed by atoms with Gasteiger partial charge in [0.15, 0.2) is 0 Å². The van der Waals surface area contributed by atoms with Gasteiger partial charge in [0.25, 0.3) is 0 Å². The predicted molar refractivity (Wildman–Crippen MR) is 222 cm³/mol. The van der Waals surface area contributed by atoms with Crippen molar-refractivity contribution in [3.05, 3.63) is 188 Å². The van der Waals surface area contributed by atoms with Crippen molar-refractivity contribution in [1.29, 1.82) is 0 Å². The van der Waals surface area contributed by atoms with Crippen LogP contribution in [0, 0.1) is 0 Å². The zero-order chi connectivity index (χ0) is 38.4. The SMILES string of the molecule is [2H]c1c([2H])c(-c2cccc3c2oc2ccccc23)c([2H])c(N(c2cccc(-c3ccc4ccccc4c3)c2)c2cccc3oc4c5ccccc5ccc4c23)c1[2H]. The third-order valence-corrected chi connectivity index (χ3v) is 10.3. The summed E-state index contributed by atoms with van der Waals surface area (Å²) in [5.74, 6) is 0. The molecule has 0 aliphatic heterocycles. The summed E-state index contributed by atoms with van der Waals surface area (Å²) in [5, 5.41) is 7.79. The molecular weight excluding hydrogens is 647 g/mol. The van der Waals surface area contributed by atoms with Crippen molar-refractivity contribution in [3.8, 4) is 22.3 Å². The van der Waals surface area contributed by atoms with Gasteiger partial charge in [-0.05, 0) is 87.4 Å². The average molecular weight is 682 g/mol. The minimum absolute atomic E-state index is 0.0553. The minimum Gasteiger partial charge on any atom is -0.455 e. The molecule has 0 aliphatic rings. The quantitative estimate of drug-likeness (QED) is 0.181. The highest BCUT2D eigenvalue weighted by atomic mass is 16.3. The molecule has 2 aromatic heterocycles. The zero-order valence-corrected chi connectivity index (χ0v) is 28.4. The molecule has 0 amide bonds. The first-order valence-corrected chi connectivity index (χ1v) is 17.7. The fraction of sp³-hybridized carbons (Fsp3) is 0. The molecule has 0 atom stereocenters. The fourth-order valence-corrected chi connectivity index (χ4v) is 7.83. The third kappa shape index (κ3) is 4.75. The molecule has 0 aliphatic carbocycles. The molecule has 11 aromatic rings. The second-order valence-corrected chi connectivity index (χ2v) is 13.4. The number of rotatable bonds is 5. The molecule has 2 heterocycles. The Bertz CT molecular complexity index is 3440. The molecular formula is C50H31NO2. The van der Waals surface area contributed by atoms with Gasteiger partial charge in [0.05, 0.1) is 16.6 Å². The largest absolute Gasteiger partial charge is 0.455 e. The van der Waals surface area contributed by atoms with Gasteiger partial charge in [-0.1, -0.05) is 133 Å². The summed E-state index contributed by atoms with van der Waals surface area (Å²) in [6.45, 7) is 0. The second-order valence-electron chi connectivity index (χ2n) is 13.4. The Kier molecular flexibility index (Phi) is 5.71. The first-order chi connectivity index (χ1) is 27.9. The van der Waals surface area contributed by atoms with E-state index in [1.54, 1.807) is 0 Å². The molecule has 3 nitrogen and oxygen atoms in total. The van der Waals surface area contributed by atoms with Crippen LogP contribution in [-0.4, -0.2) is 0 Å². The van der Waals surface area contributed by atoms with Crippen LogP contribution in [0.25, 0.3) is 87.7 Å². The molecule has 0 unspecified atom stereocenters. The number of benzene rings is 9. The molecule has 11 rings (SSSR count). The summed E-state index contributed by atoms with van der Waals surface area (Å²) in [4.78, 5) is 1.90. The number of hydrogen-bond acceptors (Lipinski definition) is 3. The monoisotopic (exact) mass is 681 g/mol. The highest BCUT2D eigenvalue weighted by molar-refractivity contribution is 6.19. The number of anilines is 3. The highest BCUT2D eigenvalue weighted by Crippen LogP contribution is 2.46. The molecule has 3 heteroatoms. The summed E-state index contributed by atoms with van der Waals surface area (Å²) in [6.07, 6.45) is 0. The van der Waals surface area contributed by atoms with Crippen molar-refractivity contribution in [3.63, 3.8) is 0 Å². The van der Waals surface area contributed by atoms with Gasteiger partial charge in [0.2, 0.25) is 0 Å². The van der Waals surface area contributed by atoms with E-state index in [-0.39, 0.29) is 35.4 Å². The minimum atomic E-state index is -0.282. The van der Waals surface area contributed by atoms with Crippen molar-refractivity contribution in [2.75, 3.05) is 4.90 Å². The molecule has 248 valence electrons. The molecule has 0 saturated heterocycles. The molecule has 0 bridgehead atoms. The number of hydrogen-bond donors (Lipinski definition) is 0. The summed E-state index contributed by atoms with van der Waals surface area (Å²) in [6, 6.07) is 53.6. The smallest absolute Gasteiger partial charge is 0.143 e. The third-order valence-electron chi connectivity index (χ3n) is 10.3. The van der Waals surface area contributed by atoms with Crippen LogP contribution in [0.15, 0.2) is 197 Å². The van der Waals surface area contributed by atoms with E-state index < -0.39 is 0 Å². The van der Waals surface area contributed by atoms with E-state index in [1.807, 2.05) is 102 Å². The van der Waals surface area contributed by atoms with Gasteiger partial charge < -0.3 is 13.7 Å². The summed E-state index contributed by atoms with van der Waals surface area (Å²) < 4.78 is 51.2. The van der Waals surface area contributed by atoms with Crippen molar-refractivity contribution >= 4 is 82.5 Å². The number of nitrogens with zero attached hydrogens (tertiary/aromatic N) is 1. The maximum atomic E-state index is 10.0. The van der Waals surface area contributed by atoms with Crippen molar-refractivity contribution in [2.24, 2.45) is 0 Å². The lowest BCUT2D eigenvalue weighted by Crippen LogP contribution is -2.10. The number of furan rings is 2. The number of fused-ring (bicyclic) bond motifs is 9. The molecule has 0 radical (unpaired) electrons. The fourth-order valence-electron chi connectivity index (χ4n) is 7.83.